The Hall–Kier alpha value is -0.0400. The standard InChI is InChI=1S/C16H35N/c1-12(15(8,9)13(2,3)4)16(10,11)17-14(5,6)7/h12,17H,1-11H3. The van der Waals surface area contributed by atoms with Crippen LogP contribution in [0.4, 0.5) is 0 Å². The van der Waals surface area contributed by atoms with E-state index in [9.17, 15) is 0 Å². The molecule has 17 heavy (non-hydrogen) atoms. The molecule has 0 fully saturated rings. The molecule has 104 valence electrons. The molecule has 1 atom stereocenters. The molecule has 0 amide bonds. The van der Waals surface area contributed by atoms with Gasteiger partial charge in [-0.3, -0.25) is 0 Å². The highest BCUT2D eigenvalue weighted by Crippen LogP contribution is 2.48. The van der Waals surface area contributed by atoms with Crippen molar-refractivity contribution in [3.05, 3.63) is 0 Å². The van der Waals surface area contributed by atoms with Crippen LogP contribution in [0.25, 0.3) is 0 Å². The van der Waals surface area contributed by atoms with Crippen molar-refractivity contribution >= 4 is 0 Å². The van der Waals surface area contributed by atoms with Gasteiger partial charge in [0, 0.05) is 11.1 Å². The molecule has 1 heteroatoms. The van der Waals surface area contributed by atoms with Crippen molar-refractivity contribution in [2.24, 2.45) is 16.7 Å². The third kappa shape index (κ3) is 4.28. The number of hydrogen-bond acceptors (Lipinski definition) is 1. The van der Waals surface area contributed by atoms with Crippen LogP contribution in [0, 0.1) is 16.7 Å². The second-order valence-corrected chi connectivity index (χ2v) is 8.79. The highest BCUT2D eigenvalue weighted by molar-refractivity contribution is 4.99. The molecule has 0 aliphatic heterocycles. The second-order valence-electron chi connectivity index (χ2n) is 8.79. The fraction of sp³-hybridized carbons (Fsp3) is 1.00. The summed E-state index contributed by atoms with van der Waals surface area (Å²) in [4.78, 5) is 0. The average molecular weight is 241 g/mol. The van der Waals surface area contributed by atoms with E-state index in [1.807, 2.05) is 0 Å². The van der Waals surface area contributed by atoms with Gasteiger partial charge in [-0.1, -0.05) is 41.5 Å². The monoisotopic (exact) mass is 241 g/mol. The van der Waals surface area contributed by atoms with Gasteiger partial charge in [0.05, 0.1) is 0 Å². The Labute approximate surface area is 110 Å². The Morgan fingerprint density at radius 1 is 0.706 bits per heavy atom. The largest absolute Gasteiger partial charge is 0.307 e. The molecular formula is C16H35N. The van der Waals surface area contributed by atoms with E-state index >= 15 is 0 Å². The lowest BCUT2D eigenvalue weighted by atomic mass is 9.58. The zero-order chi connectivity index (χ0) is 14.3. The Morgan fingerprint density at radius 3 is 1.29 bits per heavy atom. The first-order chi connectivity index (χ1) is 7.11. The lowest BCUT2D eigenvalue weighted by molar-refractivity contribution is 0.00748. The third-order valence-corrected chi connectivity index (χ3v) is 4.80. The predicted molar refractivity (Wildman–Crippen MR) is 79.4 cm³/mol. The summed E-state index contributed by atoms with van der Waals surface area (Å²) in [6.07, 6.45) is 0. The van der Waals surface area contributed by atoms with Crippen LogP contribution in [-0.2, 0) is 0 Å². The van der Waals surface area contributed by atoms with Crippen molar-refractivity contribution < 1.29 is 0 Å². The van der Waals surface area contributed by atoms with E-state index in [1.165, 1.54) is 0 Å². The van der Waals surface area contributed by atoms with Crippen LogP contribution in [0.2, 0.25) is 0 Å². The van der Waals surface area contributed by atoms with Crippen LogP contribution in [0.3, 0.4) is 0 Å². The number of rotatable bonds is 3. The fourth-order valence-corrected chi connectivity index (χ4v) is 2.63. The molecule has 0 aromatic carbocycles. The van der Waals surface area contributed by atoms with Crippen LogP contribution < -0.4 is 5.32 Å². The first kappa shape index (κ1) is 17.0. The topological polar surface area (TPSA) is 12.0 Å². The molecule has 0 rings (SSSR count). The molecule has 0 saturated heterocycles. The Bertz CT molecular complexity index is 248. The average Bonchev–Trinajstić information content (AvgIpc) is 1.95. The quantitative estimate of drug-likeness (QED) is 0.744. The third-order valence-electron chi connectivity index (χ3n) is 4.80. The Kier molecular flexibility index (Phi) is 4.56. The van der Waals surface area contributed by atoms with E-state index in [-0.39, 0.29) is 16.5 Å². The summed E-state index contributed by atoms with van der Waals surface area (Å²) < 4.78 is 0. The second kappa shape index (κ2) is 4.57. The van der Waals surface area contributed by atoms with E-state index in [4.69, 9.17) is 0 Å². The maximum absolute atomic E-state index is 3.77. The summed E-state index contributed by atoms with van der Waals surface area (Å²) in [5.74, 6) is 0.592. The van der Waals surface area contributed by atoms with E-state index in [0.29, 0.717) is 11.3 Å². The smallest absolute Gasteiger partial charge is 0.0160 e. The first-order valence-corrected chi connectivity index (χ1v) is 6.90. The molecule has 1 N–H and O–H groups in total. The van der Waals surface area contributed by atoms with Crippen LogP contribution >= 0.6 is 0 Å². The highest BCUT2D eigenvalue weighted by Gasteiger charge is 2.45. The molecule has 0 aliphatic carbocycles. The molecule has 0 aromatic heterocycles. The van der Waals surface area contributed by atoms with Gasteiger partial charge < -0.3 is 5.32 Å². The molecule has 0 saturated carbocycles. The zero-order valence-electron chi connectivity index (χ0n) is 14.1. The van der Waals surface area contributed by atoms with Gasteiger partial charge in [-0.15, -0.1) is 0 Å². The molecule has 0 radical (unpaired) electrons. The molecule has 0 heterocycles. The minimum atomic E-state index is 0.134. The molecule has 0 aliphatic rings. The Balaban J connectivity index is 5.10. The summed E-state index contributed by atoms with van der Waals surface area (Å²) in [5, 5.41) is 3.77. The van der Waals surface area contributed by atoms with Gasteiger partial charge in [-0.05, 0) is 51.4 Å². The minimum Gasteiger partial charge on any atom is -0.307 e. The van der Waals surface area contributed by atoms with E-state index in [1.54, 1.807) is 0 Å². The molecular weight excluding hydrogens is 206 g/mol. The summed E-state index contributed by atoms with van der Waals surface area (Å²) in [7, 11) is 0. The van der Waals surface area contributed by atoms with Crippen molar-refractivity contribution in [1.29, 1.82) is 0 Å². The van der Waals surface area contributed by atoms with Crippen molar-refractivity contribution in [1.82, 2.24) is 5.32 Å². The fourth-order valence-electron chi connectivity index (χ4n) is 2.63. The summed E-state index contributed by atoms with van der Waals surface area (Å²) >= 11 is 0. The zero-order valence-corrected chi connectivity index (χ0v) is 14.1. The van der Waals surface area contributed by atoms with E-state index in [0.717, 1.165) is 0 Å². The summed E-state index contributed by atoms with van der Waals surface area (Å²) in [6.45, 7) is 25.6. The van der Waals surface area contributed by atoms with Crippen molar-refractivity contribution in [3.63, 3.8) is 0 Å². The minimum absolute atomic E-state index is 0.134. The molecule has 0 spiro atoms. The van der Waals surface area contributed by atoms with E-state index < -0.39 is 0 Å². The van der Waals surface area contributed by atoms with Gasteiger partial charge >= 0.3 is 0 Å². The van der Waals surface area contributed by atoms with Crippen LogP contribution in [-0.4, -0.2) is 11.1 Å². The van der Waals surface area contributed by atoms with E-state index in [2.05, 4.69) is 81.5 Å². The van der Waals surface area contributed by atoms with Crippen molar-refractivity contribution in [2.75, 3.05) is 0 Å². The van der Waals surface area contributed by atoms with Crippen LogP contribution in [0.5, 0.6) is 0 Å². The first-order valence-electron chi connectivity index (χ1n) is 6.90. The maximum Gasteiger partial charge on any atom is 0.0160 e. The van der Waals surface area contributed by atoms with Gasteiger partial charge in [0.15, 0.2) is 0 Å². The summed E-state index contributed by atoms with van der Waals surface area (Å²) in [6, 6.07) is 0. The number of hydrogen-bond donors (Lipinski definition) is 1. The molecule has 0 bridgehead atoms. The molecule has 1 nitrogen and oxygen atoms in total. The highest BCUT2D eigenvalue weighted by atomic mass is 15.0. The van der Waals surface area contributed by atoms with Gasteiger partial charge in [0.2, 0.25) is 0 Å². The molecule has 1 unspecified atom stereocenters. The predicted octanol–water partition coefficient (Wildman–Crippen LogP) is 4.86. The van der Waals surface area contributed by atoms with Gasteiger partial charge in [-0.25, -0.2) is 0 Å². The summed E-state index contributed by atoms with van der Waals surface area (Å²) in [5.41, 5.74) is 0.888. The van der Waals surface area contributed by atoms with Crippen LogP contribution in [0.1, 0.15) is 76.2 Å². The van der Waals surface area contributed by atoms with Crippen molar-refractivity contribution in [2.45, 2.75) is 87.2 Å². The lowest BCUT2D eigenvalue weighted by Crippen LogP contribution is -2.58. The normalized spacial score (nSPS) is 17.1. The number of nitrogens with one attached hydrogen (secondary N) is 1. The van der Waals surface area contributed by atoms with Crippen LogP contribution in [0.15, 0.2) is 0 Å². The van der Waals surface area contributed by atoms with Gasteiger partial charge in [0.25, 0.3) is 0 Å². The lowest BCUT2D eigenvalue weighted by Gasteiger charge is -2.52. The molecule has 0 aromatic rings. The van der Waals surface area contributed by atoms with Crippen molar-refractivity contribution in [3.8, 4) is 0 Å². The maximum atomic E-state index is 3.77. The van der Waals surface area contributed by atoms with Gasteiger partial charge in [0.1, 0.15) is 0 Å². The Morgan fingerprint density at radius 2 is 1.06 bits per heavy atom. The van der Waals surface area contributed by atoms with Gasteiger partial charge in [-0.2, -0.15) is 0 Å². The SMILES string of the molecule is CC(C(C)(C)NC(C)(C)C)C(C)(C)C(C)(C)C.